The van der Waals surface area contributed by atoms with E-state index in [-0.39, 0.29) is 0 Å². The largest absolute Gasteiger partial charge is 0.236 e. The van der Waals surface area contributed by atoms with Crippen LogP contribution in [0.3, 0.4) is 0 Å². The highest BCUT2D eigenvalue weighted by atomic mass is 32.1. The minimum atomic E-state index is -0.684. The molecule has 1 aromatic heterocycles. The first-order valence-electron chi connectivity index (χ1n) is 5.37. The van der Waals surface area contributed by atoms with Crippen molar-refractivity contribution < 1.29 is 0 Å². The summed E-state index contributed by atoms with van der Waals surface area (Å²) in [5, 5.41) is 10.3. The van der Waals surface area contributed by atoms with E-state index >= 15 is 0 Å². The second-order valence-corrected chi connectivity index (χ2v) is 4.55. The molecule has 1 atom stereocenters. The minimum absolute atomic E-state index is 0.434. The van der Waals surface area contributed by atoms with Crippen LogP contribution in [0.1, 0.15) is 18.4 Å². The van der Waals surface area contributed by atoms with Crippen molar-refractivity contribution in [1.29, 1.82) is 5.26 Å². The van der Waals surface area contributed by atoms with Gasteiger partial charge in [0.2, 0.25) is 0 Å². The zero-order chi connectivity index (χ0) is 12.5. The molecule has 1 unspecified atom stereocenters. The topological polar surface area (TPSA) is 49.6 Å². The minimum Gasteiger partial charge on any atom is -0.236 e. The van der Waals surface area contributed by atoms with E-state index in [2.05, 4.69) is 28.7 Å². The monoisotopic (exact) mass is 243 g/mol. The predicted octanol–water partition coefficient (Wildman–Crippen LogP) is 2.65. The Hall–Kier alpha value is -1.60. The molecule has 0 radical (unpaired) electrons. The fraction of sp³-hybridized carbons (Fsp3) is 0.308. The third-order valence-electron chi connectivity index (χ3n) is 2.80. The number of fused-ring (bicyclic) bond motifs is 1. The zero-order valence-electron chi connectivity index (χ0n) is 9.81. The van der Waals surface area contributed by atoms with Gasteiger partial charge in [0.1, 0.15) is 11.2 Å². The van der Waals surface area contributed by atoms with Gasteiger partial charge in [-0.2, -0.15) is 17.9 Å². The maximum absolute atomic E-state index is 9.33. The molecule has 17 heavy (non-hydrogen) atoms. The molecule has 4 heteroatoms. The van der Waals surface area contributed by atoms with Crippen LogP contribution < -0.4 is 0 Å². The first-order chi connectivity index (χ1) is 8.10. The van der Waals surface area contributed by atoms with Gasteiger partial charge in [0.15, 0.2) is 0 Å². The second kappa shape index (κ2) is 4.34. The van der Waals surface area contributed by atoms with Crippen LogP contribution in [0.4, 0.5) is 0 Å². The second-order valence-electron chi connectivity index (χ2n) is 4.24. The lowest BCUT2D eigenvalue weighted by atomic mass is 9.88. The van der Waals surface area contributed by atoms with Crippen LogP contribution in [-0.4, -0.2) is 15.7 Å². The summed E-state index contributed by atoms with van der Waals surface area (Å²) in [6, 6.07) is 10.0. The van der Waals surface area contributed by atoms with Crippen molar-refractivity contribution in [2.45, 2.75) is 19.3 Å². The smallest absolute Gasteiger partial charge is 0.126 e. The highest BCUT2D eigenvalue weighted by molar-refractivity contribution is 7.80. The number of aryl methyl sites for hydroxylation is 1. The molecular formula is C13H13N3S. The van der Waals surface area contributed by atoms with Gasteiger partial charge in [-0.05, 0) is 19.9 Å². The molecule has 86 valence electrons. The number of hydrogen-bond donors (Lipinski definition) is 1. The SMILES string of the molecule is Cc1nc(C(C)(C#N)CS)c2ccccc2n1. The Morgan fingerprint density at radius 2 is 2.06 bits per heavy atom. The predicted molar refractivity (Wildman–Crippen MR) is 71.1 cm³/mol. The Bertz CT molecular complexity index is 603. The molecule has 0 saturated carbocycles. The average Bonchev–Trinajstić information content (AvgIpc) is 2.36. The first-order valence-corrected chi connectivity index (χ1v) is 6.00. The summed E-state index contributed by atoms with van der Waals surface area (Å²) in [6.07, 6.45) is 0. The van der Waals surface area contributed by atoms with Crippen molar-refractivity contribution in [3.05, 3.63) is 35.8 Å². The van der Waals surface area contributed by atoms with Gasteiger partial charge in [-0.1, -0.05) is 18.2 Å². The van der Waals surface area contributed by atoms with Crippen molar-refractivity contribution in [2.24, 2.45) is 0 Å². The summed E-state index contributed by atoms with van der Waals surface area (Å²) in [7, 11) is 0. The maximum atomic E-state index is 9.33. The molecule has 0 bridgehead atoms. The molecule has 0 fully saturated rings. The summed E-state index contributed by atoms with van der Waals surface area (Å²) in [5.41, 5.74) is 0.951. The normalized spacial score (nSPS) is 14.2. The van der Waals surface area contributed by atoms with Gasteiger partial charge < -0.3 is 0 Å². The van der Waals surface area contributed by atoms with Gasteiger partial charge in [0.25, 0.3) is 0 Å². The van der Waals surface area contributed by atoms with Crippen molar-refractivity contribution in [1.82, 2.24) is 9.97 Å². The quantitative estimate of drug-likeness (QED) is 0.825. The average molecular weight is 243 g/mol. The molecule has 0 aliphatic rings. The van der Waals surface area contributed by atoms with Crippen LogP contribution >= 0.6 is 12.6 Å². The molecule has 1 aromatic carbocycles. The highest BCUT2D eigenvalue weighted by Crippen LogP contribution is 2.28. The van der Waals surface area contributed by atoms with Gasteiger partial charge >= 0.3 is 0 Å². The summed E-state index contributed by atoms with van der Waals surface area (Å²) in [4.78, 5) is 8.81. The number of para-hydroxylation sites is 1. The van der Waals surface area contributed by atoms with Crippen LogP contribution in [0, 0.1) is 18.3 Å². The van der Waals surface area contributed by atoms with Gasteiger partial charge in [-0.25, -0.2) is 9.97 Å². The molecule has 0 amide bonds. The molecular weight excluding hydrogens is 230 g/mol. The lowest BCUT2D eigenvalue weighted by molar-refractivity contribution is 0.675. The van der Waals surface area contributed by atoms with Crippen molar-refractivity contribution in [2.75, 3.05) is 5.75 Å². The van der Waals surface area contributed by atoms with E-state index in [0.29, 0.717) is 11.6 Å². The Balaban J connectivity index is 2.81. The molecule has 1 heterocycles. The summed E-state index contributed by atoms with van der Waals surface area (Å²) < 4.78 is 0. The van der Waals surface area contributed by atoms with E-state index < -0.39 is 5.41 Å². The number of hydrogen-bond acceptors (Lipinski definition) is 4. The van der Waals surface area contributed by atoms with Crippen LogP contribution in [0.15, 0.2) is 24.3 Å². The van der Waals surface area contributed by atoms with Gasteiger partial charge in [-0.3, -0.25) is 0 Å². The number of benzene rings is 1. The lowest BCUT2D eigenvalue weighted by Gasteiger charge is -2.20. The Morgan fingerprint density at radius 1 is 1.35 bits per heavy atom. The number of nitrogens with zero attached hydrogens (tertiary/aromatic N) is 3. The molecule has 0 spiro atoms. The first kappa shape index (κ1) is 11.9. The van der Waals surface area contributed by atoms with E-state index in [1.54, 1.807) is 0 Å². The molecule has 0 N–H and O–H groups in total. The maximum Gasteiger partial charge on any atom is 0.126 e. The summed E-state index contributed by atoms with van der Waals surface area (Å²) >= 11 is 4.27. The van der Waals surface area contributed by atoms with Crippen LogP contribution in [0.2, 0.25) is 0 Å². The molecule has 2 rings (SSSR count). The van der Waals surface area contributed by atoms with Crippen LogP contribution in [0.25, 0.3) is 10.9 Å². The summed E-state index contributed by atoms with van der Waals surface area (Å²) in [5.74, 6) is 1.12. The van der Waals surface area contributed by atoms with E-state index in [4.69, 9.17) is 0 Å². The van der Waals surface area contributed by atoms with E-state index in [9.17, 15) is 5.26 Å². The van der Waals surface area contributed by atoms with Crippen molar-refractivity contribution in [3.8, 4) is 6.07 Å². The molecule has 0 aliphatic carbocycles. The third-order valence-corrected chi connectivity index (χ3v) is 3.43. The van der Waals surface area contributed by atoms with Gasteiger partial charge in [0.05, 0.1) is 17.3 Å². The Labute approximate surface area is 106 Å². The number of thiol groups is 1. The summed E-state index contributed by atoms with van der Waals surface area (Å²) in [6.45, 7) is 3.69. The standard InChI is InChI=1S/C13H13N3S/c1-9-15-11-6-4-3-5-10(11)12(16-9)13(2,7-14)8-17/h3-6,17H,8H2,1-2H3. The Morgan fingerprint density at radius 3 is 2.71 bits per heavy atom. The van der Waals surface area contributed by atoms with Gasteiger partial charge in [0, 0.05) is 11.1 Å². The molecule has 0 aliphatic heterocycles. The Kier molecular flexibility index (Phi) is 3.03. The van der Waals surface area contributed by atoms with E-state index in [0.717, 1.165) is 16.6 Å². The number of aromatic nitrogens is 2. The fourth-order valence-corrected chi connectivity index (χ4v) is 2.00. The van der Waals surface area contributed by atoms with E-state index in [1.165, 1.54) is 0 Å². The number of nitriles is 1. The van der Waals surface area contributed by atoms with Crippen LogP contribution in [0.5, 0.6) is 0 Å². The fourth-order valence-electron chi connectivity index (χ4n) is 1.78. The lowest BCUT2D eigenvalue weighted by Crippen LogP contribution is -2.24. The third kappa shape index (κ3) is 1.98. The number of rotatable bonds is 2. The van der Waals surface area contributed by atoms with E-state index in [1.807, 2.05) is 38.1 Å². The van der Waals surface area contributed by atoms with Crippen molar-refractivity contribution >= 4 is 23.5 Å². The molecule has 2 aromatic rings. The molecule has 3 nitrogen and oxygen atoms in total. The highest BCUT2D eigenvalue weighted by Gasteiger charge is 2.29. The van der Waals surface area contributed by atoms with Crippen molar-refractivity contribution in [3.63, 3.8) is 0 Å². The van der Waals surface area contributed by atoms with Gasteiger partial charge in [-0.15, -0.1) is 0 Å². The molecule has 0 saturated heterocycles. The zero-order valence-corrected chi connectivity index (χ0v) is 10.7. The van der Waals surface area contributed by atoms with Crippen LogP contribution in [-0.2, 0) is 5.41 Å².